The van der Waals surface area contributed by atoms with Crippen molar-refractivity contribution in [1.29, 1.82) is 0 Å². The van der Waals surface area contributed by atoms with E-state index in [2.05, 4.69) is 0 Å². The molecular formula is C12H16N2O2. The minimum atomic E-state index is -0.370. The van der Waals surface area contributed by atoms with Crippen LogP contribution in [0.1, 0.15) is 37.3 Å². The number of nitro benzene ring substituents is 1. The molecule has 0 aliphatic heterocycles. The number of hydrogen-bond donors (Lipinski definition) is 1. The number of benzene rings is 1. The Morgan fingerprint density at radius 2 is 2.06 bits per heavy atom. The Labute approximate surface area is 94.6 Å². The first-order valence-corrected chi connectivity index (χ1v) is 5.68. The average molecular weight is 220 g/mol. The summed E-state index contributed by atoms with van der Waals surface area (Å²) in [6.07, 6.45) is 4.74. The van der Waals surface area contributed by atoms with Crippen molar-refractivity contribution in [2.75, 3.05) is 0 Å². The number of nitrogens with zero attached hydrogens (tertiary/aromatic N) is 1. The first kappa shape index (κ1) is 11.1. The fourth-order valence-electron chi connectivity index (χ4n) is 2.43. The smallest absolute Gasteiger partial charge is 0.269 e. The van der Waals surface area contributed by atoms with Crippen LogP contribution in [0.25, 0.3) is 0 Å². The van der Waals surface area contributed by atoms with E-state index in [1.807, 2.05) is 6.07 Å². The Morgan fingerprint density at radius 1 is 1.38 bits per heavy atom. The molecule has 2 N–H and O–H groups in total. The van der Waals surface area contributed by atoms with Gasteiger partial charge in [-0.3, -0.25) is 10.1 Å². The van der Waals surface area contributed by atoms with Crippen LogP contribution < -0.4 is 5.73 Å². The molecule has 1 atom stereocenters. The summed E-state index contributed by atoms with van der Waals surface area (Å²) in [4.78, 5) is 10.3. The van der Waals surface area contributed by atoms with Crippen LogP contribution in [-0.4, -0.2) is 4.92 Å². The largest absolute Gasteiger partial charge is 0.324 e. The number of rotatable bonds is 3. The fraction of sp³-hybridized carbons (Fsp3) is 0.500. The van der Waals surface area contributed by atoms with Gasteiger partial charge in [0.15, 0.2) is 0 Å². The van der Waals surface area contributed by atoms with Crippen molar-refractivity contribution < 1.29 is 4.92 Å². The normalized spacial score (nSPS) is 18.6. The van der Waals surface area contributed by atoms with E-state index in [9.17, 15) is 10.1 Å². The summed E-state index contributed by atoms with van der Waals surface area (Å²) in [6.45, 7) is 0. The third kappa shape index (κ3) is 2.22. The molecule has 1 aliphatic rings. The summed E-state index contributed by atoms with van der Waals surface area (Å²) in [5.41, 5.74) is 7.17. The lowest BCUT2D eigenvalue weighted by molar-refractivity contribution is -0.384. The SMILES string of the molecule is NC(c1cccc([N+](=O)[O-])c1)C1CCCC1. The van der Waals surface area contributed by atoms with Crippen LogP contribution in [0.4, 0.5) is 5.69 Å². The van der Waals surface area contributed by atoms with E-state index in [1.165, 1.54) is 18.9 Å². The van der Waals surface area contributed by atoms with Crippen molar-refractivity contribution in [3.8, 4) is 0 Å². The van der Waals surface area contributed by atoms with E-state index in [-0.39, 0.29) is 16.7 Å². The van der Waals surface area contributed by atoms with Crippen molar-refractivity contribution >= 4 is 5.69 Å². The Hall–Kier alpha value is -1.42. The minimum absolute atomic E-state index is 0.0533. The van der Waals surface area contributed by atoms with Gasteiger partial charge in [-0.2, -0.15) is 0 Å². The van der Waals surface area contributed by atoms with Gasteiger partial charge in [0, 0.05) is 18.2 Å². The van der Waals surface area contributed by atoms with Gasteiger partial charge >= 0.3 is 0 Å². The lowest BCUT2D eigenvalue weighted by Crippen LogP contribution is -2.19. The predicted octanol–water partition coefficient (Wildman–Crippen LogP) is 2.78. The van der Waals surface area contributed by atoms with E-state index < -0.39 is 0 Å². The third-order valence-electron chi connectivity index (χ3n) is 3.37. The molecular weight excluding hydrogens is 204 g/mol. The van der Waals surface area contributed by atoms with Crippen molar-refractivity contribution in [2.24, 2.45) is 11.7 Å². The topological polar surface area (TPSA) is 69.2 Å². The van der Waals surface area contributed by atoms with Gasteiger partial charge in [-0.15, -0.1) is 0 Å². The second kappa shape index (κ2) is 4.61. The summed E-state index contributed by atoms with van der Waals surface area (Å²) in [5, 5.41) is 10.7. The zero-order chi connectivity index (χ0) is 11.5. The molecule has 4 heteroatoms. The molecule has 0 spiro atoms. The highest BCUT2D eigenvalue weighted by Gasteiger charge is 2.24. The molecule has 0 bridgehead atoms. The number of nitro groups is 1. The van der Waals surface area contributed by atoms with Gasteiger partial charge in [-0.1, -0.05) is 25.0 Å². The van der Waals surface area contributed by atoms with E-state index in [0.717, 1.165) is 18.4 Å². The van der Waals surface area contributed by atoms with Crippen LogP contribution in [0.15, 0.2) is 24.3 Å². The molecule has 4 nitrogen and oxygen atoms in total. The van der Waals surface area contributed by atoms with Gasteiger partial charge < -0.3 is 5.73 Å². The summed E-state index contributed by atoms with van der Waals surface area (Å²) in [7, 11) is 0. The molecule has 1 aromatic carbocycles. The van der Waals surface area contributed by atoms with Gasteiger partial charge in [0.05, 0.1) is 4.92 Å². The first-order valence-electron chi connectivity index (χ1n) is 5.68. The molecule has 1 aliphatic carbocycles. The molecule has 0 saturated heterocycles. The van der Waals surface area contributed by atoms with Crippen LogP contribution in [-0.2, 0) is 0 Å². The summed E-state index contributed by atoms with van der Waals surface area (Å²) in [6, 6.07) is 6.65. The highest BCUT2D eigenvalue weighted by molar-refractivity contribution is 5.36. The summed E-state index contributed by atoms with van der Waals surface area (Å²) in [5.74, 6) is 0.488. The predicted molar refractivity (Wildman–Crippen MR) is 62.0 cm³/mol. The van der Waals surface area contributed by atoms with Crippen LogP contribution in [0, 0.1) is 16.0 Å². The van der Waals surface area contributed by atoms with Crippen LogP contribution in [0.3, 0.4) is 0 Å². The molecule has 0 aromatic heterocycles. The van der Waals surface area contributed by atoms with Gasteiger partial charge in [0.25, 0.3) is 5.69 Å². The maximum atomic E-state index is 10.7. The van der Waals surface area contributed by atoms with Gasteiger partial charge in [0.2, 0.25) is 0 Å². The highest BCUT2D eigenvalue weighted by Crippen LogP contribution is 2.34. The second-order valence-corrected chi connectivity index (χ2v) is 4.42. The van der Waals surface area contributed by atoms with Gasteiger partial charge in [-0.05, 0) is 24.3 Å². The van der Waals surface area contributed by atoms with Crippen molar-refractivity contribution in [2.45, 2.75) is 31.7 Å². The number of non-ortho nitro benzene ring substituents is 1. The van der Waals surface area contributed by atoms with Crippen molar-refractivity contribution in [3.63, 3.8) is 0 Å². The maximum absolute atomic E-state index is 10.7. The number of nitrogens with two attached hydrogens (primary N) is 1. The Kier molecular flexibility index (Phi) is 3.19. The molecule has 1 fully saturated rings. The van der Waals surface area contributed by atoms with E-state index in [1.54, 1.807) is 12.1 Å². The summed E-state index contributed by atoms with van der Waals surface area (Å²) < 4.78 is 0. The molecule has 86 valence electrons. The minimum Gasteiger partial charge on any atom is -0.324 e. The quantitative estimate of drug-likeness (QED) is 0.629. The lowest BCUT2D eigenvalue weighted by Gasteiger charge is -2.18. The molecule has 1 saturated carbocycles. The van der Waals surface area contributed by atoms with Crippen molar-refractivity contribution in [3.05, 3.63) is 39.9 Å². The average Bonchev–Trinajstić information content (AvgIpc) is 2.81. The zero-order valence-corrected chi connectivity index (χ0v) is 9.13. The highest BCUT2D eigenvalue weighted by atomic mass is 16.6. The van der Waals surface area contributed by atoms with E-state index >= 15 is 0 Å². The van der Waals surface area contributed by atoms with Crippen LogP contribution >= 0.6 is 0 Å². The molecule has 1 unspecified atom stereocenters. The molecule has 0 radical (unpaired) electrons. The maximum Gasteiger partial charge on any atom is 0.269 e. The Bertz CT molecular complexity index is 386. The molecule has 2 rings (SSSR count). The standard InChI is InChI=1S/C12H16N2O2/c13-12(9-4-1-2-5-9)10-6-3-7-11(8-10)14(15)16/h3,6-9,12H,1-2,4-5,13H2. The second-order valence-electron chi connectivity index (χ2n) is 4.42. The molecule has 1 aromatic rings. The zero-order valence-electron chi connectivity index (χ0n) is 9.13. The Morgan fingerprint density at radius 3 is 2.69 bits per heavy atom. The molecule has 0 heterocycles. The summed E-state index contributed by atoms with van der Waals surface area (Å²) >= 11 is 0. The van der Waals surface area contributed by atoms with Crippen LogP contribution in [0.2, 0.25) is 0 Å². The van der Waals surface area contributed by atoms with Gasteiger partial charge in [0.1, 0.15) is 0 Å². The van der Waals surface area contributed by atoms with Crippen LogP contribution in [0.5, 0.6) is 0 Å². The lowest BCUT2D eigenvalue weighted by atomic mass is 9.92. The molecule has 16 heavy (non-hydrogen) atoms. The fourth-order valence-corrected chi connectivity index (χ4v) is 2.43. The van der Waals surface area contributed by atoms with Gasteiger partial charge in [-0.25, -0.2) is 0 Å². The number of hydrogen-bond acceptors (Lipinski definition) is 3. The first-order chi connectivity index (χ1) is 7.68. The molecule has 0 amide bonds. The van der Waals surface area contributed by atoms with E-state index in [4.69, 9.17) is 5.73 Å². The third-order valence-corrected chi connectivity index (χ3v) is 3.37. The van der Waals surface area contributed by atoms with Crippen molar-refractivity contribution in [1.82, 2.24) is 0 Å². The monoisotopic (exact) mass is 220 g/mol. The Balaban J connectivity index is 2.18. The van der Waals surface area contributed by atoms with E-state index in [0.29, 0.717) is 5.92 Å².